The van der Waals surface area contributed by atoms with E-state index in [0.29, 0.717) is 32.1 Å². The van der Waals surface area contributed by atoms with Crippen LogP contribution in [0.5, 0.6) is 0 Å². The van der Waals surface area contributed by atoms with E-state index in [9.17, 15) is 26.6 Å². The van der Waals surface area contributed by atoms with E-state index >= 15 is 0 Å². The number of carbonyl (C=O) groups is 1. The molecule has 0 aromatic heterocycles. The van der Waals surface area contributed by atoms with E-state index < -0.39 is 46.0 Å². The Morgan fingerprint density at radius 3 is 2.38 bits per heavy atom. The summed E-state index contributed by atoms with van der Waals surface area (Å²) in [4.78, 5) is 16.5. The number of amides is 1. The Labute approximate surface area is 229 Å². The third kappa shape index (κ3) is 5.85. The van der Waals surface area contributed by atoms with E-state index in [0.717, 1.165) is 24.4 Å². The van der Waals surface area contributed by atoms with Crippen LogP contribution in [-0.4, -0.2) is 99.4 Å². The van der Waals surface area contributed by atoms with Crippen LogP contribution in [0.4, 0.5) is 17.6 Å². The van der Waals surface area contributed by atoms with Crippen LogP contribution < -0.4 is 10.7 Å². The van der Waals surface area contributed by atoms with Crippen molar-refractivity contribution < 1.29 is 26.6 Å². The number of halogens is 4. The van der Waals surface area contributed by atoms with E-state index in [2.05, 4.69) is 34.5 Å². The zero-order valence-electron chi connectivity index (χ0n) is 23.2. The van der Waals surface area contributed by atoms with Crippen LogP contribution in [0, 0.1) is 22.0 Å². The summed E-state index contributed by atoms with van der Waals surface area (Å²) in [6.45, 7) is 6.05. The molecule has 5 fully saturated rings. The molecule has 5 rings (SSSR count). The fraction of sp³-hybridized carbons (Fsp3) is 0.962. The van der Waals surface area contributed by atoms with Crippen molar-refractivity contribution in [1.29, 1.82) is 4.78 Å². The number of hydrazine groups is 1. The lowest BCUT2D eigenvalue weighted by Crippen LogP contribution is -2.74. The van der Waals surface area contributed by atoms with E-state index in [1.165, 1.54) is 7.05 Å². The van der Waals surface area contributed by atoms with Gasteiger partial charge in [0.15, 0.2) is 6.30 Å². The van der Waals surface area contributed by atoms with Gasteiger partial charge in [-0.2, -0.15) is 13.2 Å². The molecule has 4 aliphatic heterocycles. The number of likely N-dealkylation sites (tertiary alicyclic amines) is 1. The monoisotopic (exact) mass is 580 g/mol. The standard InChI is InChI=1S/C26H44F4N6O2S/c1-25(2)10-11-35(19-15-32-21-14-20(27)33-36(21)23(19)25)18-6-4-16(5-7-18)22(26(28,29)30)34(3)24(37)17-8-12-39(31,38)13-9-17/h16-23,31-33H,4-15H2,1-3H3/t16?,17?,18?,19?,20?,21?,22-,23?,39?/m0/s1. The highest BCUT2D eigenvalue weighted by atomic mass is 32.2. The van der Waals surface area contributed by atoms with Crippen molar-refractivity contribution in [1.82, 2.24) is 25.6 Å². The minimum atomic E-state index is -4.54. The van der Waals surface area contributed by atoms with Crippen molar-refractivity contribution in [3.05, 3.63) is 0 Å². The maximum absolute atomic E-state index is 14.4. The molecule has 8 nitrogen and oxygen atoms in total. The van der Waals surface area contributed by atoms with Crippen LogP contribution in [0.25, 0.3) is 0 Å². The smallest absolute Gasteiger partial charge is 0.333 e. The molecular formula is C26H44F4N6O2S. The summed E-state index contributed by atoms with van der Waals surface area (Å²) in [5.41, 5.74) is 2.99. The molecule has 0 bridgehead atoms. The van der Waals surface area contributed by atoms with Crippen molar-refractivity contribution in [3.8, 4) is 0 Å². The van der Waals surface area contributed by atoms with Gasteiger partial charge in [-0.1, -0.05) is 13.8 Å². The van der Waals surface area contributed by atoms with Crippen molar-refractivity contribution >= 4 is 15.6 Å². The maximum atomic E-state index is 14.4. The summed E-state index contributed by atoms with van der Waals surface area (Å²) < 4.78 is 77.1. The lowest BCUT2D eigenvalue weighted by molar-refractivity contribution is -0.203. The second-order valence-corrected chi connectivity index (χ2v) is 15.6. The first-order chi connectivity index (χ1) is 18.2. The van der Waals surface area contributed by atoms with Crippen molar-refractivity contribution in [3.63, 3.8) is 0 Å². The Morgan fingerprint density at radius 2 is 1.77 bits per heavy atom. The van der Waals surface area contributed by atoms with Gasteiger partial charge in [0.05, 0.1) is 6.17 Å². The van der Waals surface area contributed by atoms with E-state index in [-0.39, 0.29) is 54.1 Å². The second kappa shape index (κ2) is 10.7. The summed E-state index contributed by atoms with van der Waals surface area (Å²) >= 11 is 0. The van der Waals surface area contributed by atoms with Crippen LogP contribution in [-0.2, 0) is 14.5 Å². The molecule has 5 aliphatic rings. The summed E-state index contributed by atoms with van der Waals surface area (Å²) in [5, 5.41) is 5.54. The number of carbonyl (C=O) groups excluding carboxylic acids is 1. The average Bonchev–Trinajstić information content (AvgIpc) is 3.23. The SMILES string of the molecule is CN(C(=O)C1CCS(=N)(=O)CC1)[C@@H](C1CCC(N2CCC(C)(C)C3C2CNC2CC(F)NN23)CC1)C(F)(F)F. The summed E-state index contributed by atoms with van der Waals surface area (Å²) in [6.07, 6.45) is -1.86. The van der Waals surface area contributed by atoms with Gasteiger partial charge in [0, 0.05) is 65.3 Å². The van der Waals surface area contributed by atoms with Gasteiger partial charge in [0.25, 0.3) is 0 Å². The highest BCUT2D eigenvalue weighted by Gasteiger charge is 2.55. The second-order valence-electron chi connectivity index (χ2n) is 13.2. The Hall–Kier alpha value is -1.02. The topological polar surface area (TPSA) is 91.8 Å². The van der Waals surface area contributed by atoms with E-state index in [4.69, 9.17) is 4.78 Å². The number of hydrogen-bond donors (Lipinski definition) is 3. The third-order valence-electron chi connectivity index (χ3n) is 10.2. The largest absolute Gasteiger partial charge is 0.409 e. The summed E-state index contributed by atoms with van der Waals surface area (Å²) in [7, 11) is -1.45. The van der Waals surface area contributed by atoms with E-state index in [1.54, 1.807) is 0 Å². The molecule has 4 heterocycles. The third-order valence-corrected chi connectivity index (χ3v) is 12.0. The molecule has 5 atom stereocenters. The first kappa shape index (κ1) is 29.5. The van der Waals surface area contributed by atoms with Gasteiger partial charge in [-0.25, -0.2) is 19.0 Å². The van der Waals surface area contributed by atoms with Gasteiger partial charge in [-0.3, -0.25) is 19.8 Å². The number of rotatable bonds is 4. The highest BCUT2D eigenvalue weighted by Crippen LogP contribution is 2.45. The molecule has 4 unspecified atom stereocenters. The molecule has 1 amide bonds. The first-order valence-electron chi connectivity index (χ1n) is 14.4. The summed E-state index contributed by atoms with van der Waals surface area (Å²) in [6, 6.07) is -1.43. The Balaban J connectivity index is 1.25. The molecule has 4 saturated heterocycles. The zero-order chi connectivity index (χ0) is 28.3. The van der Waals surface area contributed by atoms with Crippen molar-refractivity contribution in [2.45, 2.75) is 108 Å². The lowest BCUT2D eigenvalue weighted by atomic mass is 9.71. The number of fused-ring (bicyclic) bond motifs is 3. The maximum Gasteiger partial charge on any atom is 0.409 e. The van der Waals surface area contributed by atoms with Gasteiger partial charge in [0.1, 0.15) is 6.04 Å². The van der Waals surface area contributed by atoms with Crippen molar-refractivity contribution in [2.24, 2.45) is 17.3 Å². The predicted octanol–water partition coefficient (Wildman–Crippen LogP) is 3.30. The number of nitrogens with one attached hydrogen (secondary N) is 3. The highest BCUT2D eigenvalue weighted by molar-refractivity contribution is 7.92. The molecule has 1 aliphatic carbocycles. The Bertz CT molecular complexity index is 1000. The van der Waals surface area contributed by atoms with Crippen LogP contribution >= 0.6 is 0 Å². The molecule has 224 valence electrons. The molecule has 39 heavy (non-hydrogen) atoms. The molecule has 0 aromatic carbocycles. The molecule has 13 heteroatoms. The molecule has 3 N–H and O–H groups in total. The number of alkyl halides is 4. The fourth-order valence-electron chi connectivity index (χ4n) is 8.14. The van der Waals surface area contributed by atoms with Crippen LogP contribution in [0.2, 0.25) is 0 Å². The van der Waals surface area contributed by atoms with Gasteiger partial charge < -0.3 is 4.90 Å². The van der Waals surface area contributed by atoms with E-state index in [1.807, 2.05) is 0 Å². The molecule has 0 spiro atoms. The molecule has 1 saturated carbocycles. The molecular weight excluding hydrogens is 536 g/mol. The minimum Gasteiger partial charge on any atom is -0.333 e. The fourth-order valence-corrected chi connectivity index (χ4v) is 9.67. The predicted molar refractivity (Wildman–Crippen MR) is 141 cm³/mol. The Kier molecular flexibility index (Phi) is 8.06. The van der Waals surface area contributed by atoms with Crippen LogP contribution in [0.15, 0.2) is 0 Å². The Morgan fingerprint density at radius 1 is 1.13 bits per heavy atom. The number of piperidine rings is 1. The van der Waals surface area contributed by atoms with Gasteiger partial charge >= 0.3 is 6.18 Å². The number of nitrogens with zero attached hydrogens (tertiary/aromatic N) is 3. The minimum absolute atomic E-state index is 0.0213. The molecule has 0 radical (unpaired) electrons. The van der Waals surface area contributed by atoms with Crippen LogP contribution in [0.1, 0.15) is 65.2 Å². The van der Waals surface area contributed by atoms with Crippen LogP contribution in [0.3, 0.4) is 0 Å². The van der Waals surface area contributed by atoms with Gasteiger partial charge in [-0.05, 0) is 62.8 Å². The molecule has 0 aromatic rings. The normalized spacial score (nSPS) is 42.4. The van der Waals surface area contributed by atoms with Crippen molar-refractivity contribution in [2.75, 3.05) is 31.6 Å². The summed E-state index contributed by atoms with van der Waals surface area (Å²) in [5.74, 6) is -1.67. The van der Waals surface area contributed by atoms with Gasteiger partial charge in [-0.15, -0.1) is 0 Å². The quantitative estimate of drug-likeness (QED) is 0.349. The lowest BCUT2D eigenvalue weighted by Gasteiger charge is -2.59. The van der Waals surface area contributed by atoms with Gasteiger partial charge in [0.2, 0.25) is 5.91 Å². The average molecular weight is 581 g/mol. The number of hydrogen-bond acceptors (Lipinski definition) is 7. The first-order valence-corrected chi connectivity index (χ1v) is 16.3. The zero-order valence-corrected chi connectivity index (χ0v) is 24.0.